The zero-order valence-electron chi connectivity index (χ0n) is 13.7. The Morgan fingerprint density at radius 2 is 1.96 bits per heavy atom. The molecule has 2 aliphatic rings. The lowest BCUT2D eigenvalue weighted by Gasteiger charge is -2.26. The van der Waals surface area contributed by atoms with E-state index >= 15 is 0 Å². The van der Waals surface area contributed by atoms with Crippen molar-refractivity contribution < 1.29 is 19.0 Å². The van der Waals surface area contributed by atoms with E-state index in [0.29, 0.717) is 12.2 Å². The molecule has 0 radical (unpaired) electrons. The molecular formula is C19H19NO4. The van der Waals surface area contributed by atoms with E-state index in [1.165, 1.54) is 0 Å². The van der Waals surface area contributed by atoms with Crippen LogP contribution < -0.4 is 19.5 Å². The minimum absolute atomic E-state index is 0.00143. The molecule has 2 heterocycles. The molecule has 0 fully saturated rings. The van der Waals surface area contributed by atoms with Crippen LogP contribution in [0.4, 0.5) is 5.69 Å². The van der Waals surface area contributed by atoms with Crippen LogP contribution in [0.5, 0.6) is 17.2 Å². The molecule has 1 N–H and O–H groups in total. The second-order valence-electron chi connectivity index (χ2n) is 6.34. The zero-order chi connectivity index (χ0) is 16.7. The maximum Gasteiger partial charge on any atom is 0.231 e. The fraction of sp³-hybridized carbons (Fsp3) is 0.316. The summed E-state index contributed by atoms with van der Waals surface area (Å²) in [5, 5.41) is 2.93. The molecular weight excluding hydrogens is 306 g/mol. The summed E-state index contributed by atoms with van der Waals surface area (Å²) in [4.78, 5) is 12.2. The summed E-state index contributed by atoms with van der Waals surface area (Å²) >= 11 is 0. The summed E-state index contributed by atoms with van der Waals surface area (Å²) in [5.41, 5.74) is 2.89. The highest BCUT2D eigenvalue weighted by Gasteiger charge is 2.30. The fourth-order valence-electron chi connectivity index (χ4n) is 3.23. The number of hydrogen-bond donors (Lipinski definition) is 1. The number of nitrogens with one attached hydrogen (secondary N) is 1. The van der Waals surface area contributed by atoms with Gasteiger partial charge in [0, 0.05) is 24.1 Å². The second-order valence-corrected chi connectivity index (χ2v) is 6.34. The van der Waals surface area contributed by atoms with Gasteiger partial charge in [-0.1, -0.05) is 12.1 Å². The Kier molecular flexibility index (Phi) is 3.56. The molecule has 0 aromatic heterocycles. The van der Waals surface area contributed by atoms with E-state index in [2.05, 4.69) is 5.32 Å². The van der Waals surface area contributed by atoms with E-state index in [4.69, 9.17) is 14.2 Å². The van der Waals surface area contributed by atoms with Crippen molar-refractivity contribution in [3.8, 4) is 17.2 Å². The Labute approximate surface area is 140 Å². The lowest BCUT2D eigenvalue weighted by molar-refractivity contribution is -0.116. The lowest BCUT2D eigenvalue weighted by Crippen LogP contribution is -2.23. The van der Waals surface area contributed by atoms with E-state index in [1.807, 2.05) is 50.2 Å². The van der Waals surface area contributed by atoms with Gasteiger partial charge in [0.15, 0.2) is 11.5 Å². The van der Waals surface area contributed by atoms with Crippen molar-refractivity contribution >= 4 is 11.6 Å². The van der Waals surface area contributed by atoms with E-state index < -0.39 is 0 Å². The largest absolute Gasteiger partial charge is 0.491 e. The number of anilines is 1. The van der Waals surface area contributed by atoms with Gasteiger partial charge in [-0.25, -0.2) is 0 Å². The van der Waals surface area contributed by atoms with Crippen LogP contribution in [-0.2, 0) is 4.79 Å². The third-order valence-corrected chi connectivity index (χ3v) is 4.22. The van der Waals surface area contributed by atoms with Crippen LogP contribution in [0.25, 0.3) is 0 Å². The first-order valence-corrected chi connectivity index (χ1v) is 8.10. The minimum Gasteiger partial charge on any atom is -0.491 e. The van der Waals surface area contributed by atoms with Crippen LogP contribution in [0.3, 0.4) is 0 Å². The van der Waals surface area contributed by atoms with Crippen molar-refractivity contribution in [3.05, 3.63) is 47.5 Å². The Morgan fingerprint density at radius 1 is 1.17 bits per heavy atom. The van der Waals surface area contributed by atoms with Gasteiger partial charge in [0.25, 0.3) is 0 Å². The van der Waals surface area contributed by atoms with Gasteiger partial charge in [-0.05, 0) is 43.2 Å². The van der Waals surface area contributed by atoms with Gasteiger partial charge in [-0.2, -0.15) is 0 Å². The van der Waals surface area contributed by atoms with Crippen molar-refractivity contribution in [3.63, 3.8) is 0 Å². The molecule has 1 amide bonds. The van der Waals surface area contributed by atoms with Crippen LogP contribution >= 0.6 is 0 Å². The summed E-state index contributed by atoms with van der Waals surface area (Å²) in [7, 11) is 0. The third-order valence-electron chi connectivity index (χ3n) is 4.22. The predicted molar refractivity (Wildman–Crippen MR) is 89.9 cm³/mol. The molecule has 24 heavy (non-hydrogen) atoms. The number of rotatable bonds is 3. The summed E-state index contributed by atoms with van der Waals surface area (Å²) < 4.78 is 16.7. The molecule has 0 spiro atoms. The molecule has 124 valence electrons. The first-order chi connectivity index (χ1) is 11.6. The van der Waals surface area contributed by atoms with Gasteiger partial charge in [0.1, 0.15) is 5.75 Å². The monoisotopic (exact) mass is 325 g/mol. The lowest BCUT2D eigenvalue weighted by atomic mass is 9.84. The van der Waals surface area contributed by atoms with Gasteiger partial charge >= 0.3 is 0 Å². The number of carbonyl (C=O) groups is 1. The summed E-state index contributed by atoms with van der Waals surface area (Å²) in [5.74, 6) is 2.19. The highest BCUT2D eigenvalue weighted by molar-refractivity contribution is 5.96. The number of benzene rings is 2. The Bertz CT molecular complexity index is 800. The number of fused-ring (bicyclic) bond motifs is 2. The summed E-state index contributed by atoms with van der Waals surface area (Å²) in [6.45, 7) is 4.21. The Hall–Kier alpha value is -2.69. The van der Waals surface area contributed by atoms with Crippen molar-refractivity contribution in [2.75, 3.05) is 12.1 Å². The molecule has 0 aliphatic carbocycles. The maximum absolute atomic E-state index is 12.2. The minimum atomic E-state index is -0.0287. The normalized spacial score (nSPS) is 18.3. The van der Waals surface area contributed by atoms with Crippen LogP contribution in [0.15, 0.2) is 36.4 Å². The zero-order valence-corrected chi connectivity index (χ0v) is 13.7. The highest BCUT2D eigenvalue weighted by atomic mass is 16.7. The van der Waals surface area contributed by atoms with Crippen LogP contribution in [0, 0.1) is 0 Å². The molecule has 0 saturated heterocycles. The smallest absolute Gasteiger partial charge is 0.231 e. The van der Waals surface area contributed by atoms with Crippen molar-refractivity contribution in [2.24, 2.45) is 0 Å². The second kappa shape index (κ2) is 5.74. The SMILES string of the molecule is CC(C)Oc1cccc([C@@H]2CC(=O)Nc3cc4c(cc32)OCO4)c1. The molecule has 2 aromatic carbocycles. The van der Waals surface area contributed by atoms with E-state index in [-0.39, 0.29) is 24.7 Å². The number of ether oxygens (including phenoxy) is 3. The van der Waals surface area contributed by atoms with Crippen molar-refractivity contribution in [1.82, 2.24) is 0 Å². The Balaban J connectivity index is 1.76. The molecule has 0 saturated carbocycles. The molecule has 0 unspecified atom stereocenters. The topological polar surface area (TPSA) is 56.8 Å². The third kappa shape index (κ3) is 2.66. The summed E-state index contributed by atoms with van der Waals surface area (Å²) in [6, 6.07) is 11.8. The van der Waals surface area contributed by atoms with Gasteiger partial charge in [0.2, 0.25) is 12.7 Å². The summed E-state index contributed by atoms with van der Waals surface area (Å²) in [6.07, 6.45) is 0.508. The number of carbonyl (C=O) groups excluding carboxylic acids is 1. The molecule has 5 heteroatoms. The molecule has 2 aliphatic heterocycles. The molecule has 1 atom stereocenters. The van der Waals surface area contributed by atoms with Gasteiger partial charge in [-0.15, -0.1) is 0 Å². The molecule has 4 rings (SSSR count). The van der Waals surface area contributed by atoms with Crippen LogP contribution in [-0.4, -0.2) is 18.8 Å². The molecule has 0 bridgehead atoms. The average Bonchev–Trinajstić information content (AvgIpc) is 2.99. The highest BCUT2D eigenvalue weighted by Crippen LogP contribution is 2.45. The quantitative estimate of drug-likeness (QED) is 0.935. The van der Waals surface area contributed by atoms with Crippen LogP contribution in [0.2, 0.25) is 0 Å². The van der Waals surface area contributed by atoms with Gasteiger partial charge < -0.3 is 19.5 Å². The van der Waals surface area contributed by atoms with Gasteiger partial charge in [-0.3, -0.25) is 4.79 Å². The van der Waals surface area contributed by atoms with Gasteiger partial charge in [0.05, 0.1) is 6.10 Å². The van der Waals surface area contributed by atoms with E-state index in [9.17, 15) is 4.79 Å². The van der Waals surface area contributed by atoms with Crippen molar-refractivity contribution in [2.45, 2.75) is 32.3 Å². The fourth-order valence-corrected chi connectivity index (χ4v) is 3.23. The van der Waals surface area contributed by atoms with Crippen molar-refractivity contribution in [1.29, 1.82) is 0 Å². The Morgan fingerprint density at radius 3 is 2.75 bits per heavy atom. The molecule has 5 nitrogen and oxygen atoms in total. The average molecular weight is 325 g/mol. The molecule has 2 aromatic rings. The first kappa shape index (κ1) is 14.9. The first-order valence-electron chi connectivity index (χ1n) is 8.10. The number of hydrogen-bond acceptors (Lipinski definition) is 4. The maximum atomic E-state index is 12.2. The number of amides is 1. The predicted octanol–water partition coefficient (Wildman–Crippen LogP) is 3.68. The van der Waals surface area contributed by atoms with E-state index in [0.717, 1.165) is 28.3 Å². The van der Waals surface area contributed by atoms with E-state index in [1.54, 1.807) is 0 Å². The standard InChI is InChI=1S/C19H19NO4/c1-11(2)24-13-5-3-4-12(6-13)14-8-19(21)20-16-9-18-17(7-15(14)16)22-10-23-18/h3-7,9,11,14H,8,10H2,1-2H3,(H,20,21)/t14-/m0/s1. The van der Waals surface area contributed by atoms with Crippen LogP contribution in [0.1, 0.15) is 37.3 Å².